The second kappa shape index (κ2) is 4.72. The van der Waals surface area contributed by atoms with Crippen LogP contribution in [0.1, 0.15) is 5.56 Å². The molecular formula is C12H12N6O2. The van der Waals surface area contributed by atoms with Crippen LogP contribution in [0.2, 0.25) is 0 Å². The van der Waals surface area contributed by atoms with E-state index in [1.165, 1.54) is 15.6 Å². The van der Waals surface area contributed by atoms with Crippen LogP contribution in [0.15, 0.2) is 29.5 Å². The van der Waals surface area contributed by atoms with Crippen LogP contribution in [0, 0.1) is 0 Å². The lowest BCUT2D eigenvalue weighted by Crippen LogP contribution is -2.21. The van der Waals surface area contributed by atoms with E-state index < -0.39 is 0 Å². The molecule has 0 N–H and O–H groups in total. The van der Waals surface area contributed by atoms with Gasteiger partial charge in [0.25, 0.3) is 5.56 Å². The number of hydrogen-bond acceptors (Lipinski definition) is 6. The van der Waals surface area contributed by atoms with Gasteiger partial charge in [0.15, 0.2) is 11.2 Å². The average Bonchev–Trinajstić information content (AvgIpc) is 2.84. The average molecular weight is 272 g/mol. The normalized spacial score (nSPS) is 10.9. The molecule has 0 aromatic carbocycles. The Balaban J connectivity index is 2.02. The van der Waals surface area contributed by atoms with Gasteiger partial charge >= 0.3 is 0 Å². The Bertz CT molecular complexity index is 822. The summed E-state index contributed by atoms with van der Waals surface area (Å²) in [5.74, 6) is 0.504. The highest BCUT2D eigenvalue weighted by Gasteiger charge is 2.10. The SMILES string of the molecule is COc1cc(Cn2cnc3c(nnn3C)c2=O)ccn1. The van der Waals surface area contributed by atoms with Crippen LogP contribution < -0.4 is 10.3 Å². The minimum absolute atomic E-state index is 0.223. The molecule has 0 saturated carbocycles. The van der Waals surface area contributed by atoms with E-state index in [1.54, 1.807) is 26.4 Å². The Kier molecular flexibility index (Phi) is 2.90. The van der Waals surface area contributed by atoms with Gasteiger partial charge in [-0.25, -0.2) is 14.6 Å². The fourth-order valence-corrected chi connectivity index (χ4v) is 1.92. The van der Waals surface area contributed by atoms with Gasteiger partial charge in [-0.15, -0.1) is 5.10 Å². The Labute approximate surface area is 113 Å². The van der Waals surface area contributed by atoms with Gasteiger partial charge in [0.1, 0.15) is 6.33 Å². The number of aromatic nitrogens is 6. The van der Waals surface area contributed by atoms with E-state index >= 15 is 0 Å². The van der Waals surface area contributed by atoms with Crippen molar-refractivity contribution in [3.05, 3.63) is 40.6 Å². The molecule has 0 radical (unpaired) electrons. The third-order valence-electron chi connectivity index (χ3n) is 2.94. The summed E-state index contributed by atoms with van der Waals surface area (Å²) in [4.78, 5) is 20.5. The standard InChI is InChI=1S/C12H12N6O2/c1-17-11-10(15-16-17)12(19)18(7-14-11)6-8-3-4-13-9(5-8)20-2/h3-5,7H,6H2,1-2H3. The van der Waals surface area contributed by atoms with E-state index in [2.05, 4.69) is 20.3 Å². The maximum atomic E-state index is 12.3. The lowest BCUT2D eigenvalue weighted by Gasteiger charge is -2.06. The fourth-order valence-electron chi connectivity index (χ4n) is 1.92. The van der Waals surface area contributed by atoms with E-state index in [0.29, 0.717) is 18.1 Å². The first-order valence-electron chi connectivity index (χ1n) is 5.93. The van der Waals surface area contributed by atoms with Crippen molar-refractivity contribution in [2.75, 3.05) is 7.11 Å². The summed E-state index contributed by atoms with van der Waals surface area (Å²) in [6, 6.07) is 3.59. The molecular weight excluding hydrogens is 260 g/mol. The number of ether oxygens (including phenoxy) is 1. The maximum absolute atomic E-state index is 12.3. The summed E-state index contributed by atoms with van der Waals surface area (Å²) in [6.45, 7) is 0.372. The molecule has 102 valence electrons. The number of methoxy groups -OCH3 is 1. The van der Waals surface area contributed by atoms with E-state index in [0.717, 1.165) is 5.56 Å². The van der Waals surface area contributed by atoms with Gasteiger partial charge in [-0.3, -0.25) is 9.36 Å². The summed E-state index contributed by atoms with van der Waals surface area (Å²) in [5, 5.41) is 7.63. The molecule has 0 aliphatic heterocycles. The molecule has 0 aliphatic rings. The van der Waals surface area contributed by atoms with E-state index in [1.807, 2.05) is 6.07 Å². The van der Waals surface area contributed by atoms with Crippen LogP contribution in [0.25, 0.3) is 11.2 Å². The van der Waals surface area contributed by atoms with Gasteiger partial charge in [-0.2, -0.15) is 0 Å². The van der Waals surface area contributed by atoms with Crippen LogP contribution >= 0.6 is 0 Å². The number of nitrogens with zero attached hydrogens (tertiary/aromatic N) is 6. The fraction of sp³-hybridized carbons (Fsp3) is 0.250. The summed E-state index contributed by atoms with van der Waals surface area (Å²) < 4.78 is 8.00. The highest BCUT2D eigenvalue weighted by atomic mass is 16.5. The van der Waals surface area contributed by atoms with Crippen molar-refractivity contribution in [2.45, 2.75) is 6.54 Å². The Hall–Kier alpha value is -2.77. The van der Waals surface area contributed by atoms with E-state index in [4.69, 9.17) is 4.74 Å². The summed E-state index contributed by atoms with van der Waals surface area (Å²) in [5.41, 5.74) is 1.40. The molecule has 0 fully saturated rings. The lowest BCUT2D eigenvalue weighted by molar-refractivity contribution is 0.397. The van der Waals surface area contributed by atoms with Crippen molar-refractivity contribution in [1.29, 1.82) is 0 Å². The zero-order valence-electron chi connectivity index (χ0n) is 11.0. The molecule has 3 rings (SSSR count). The van der Waals surface area contributed by atoms with Gasteiger partial charge in [-0.05, 0) is 11.6 Å². The number of fused-ring (bicyclic) bond motifs is 1. The largest absolute Gasteiger partial charge is 0.481 e. The molecule has 0 saturated heterocycles. The molecule has 3 heterocycles. The number of hydrogen-bond donors (Lipinski definition) is 0. The first kappa shape index (κ1) is 12.3. The molecule has 0 amide bonds. The highest BCUT2D eigenvalue weighted by Crippen LogP contribution is 2.09. The minimum atomic E-state index is -0.223. The highest BCUT2D eigenvalue weighted by molar-refractivity contribution is 5.67. The Morgan fingerprint density at radius 3 is 3.00 bits per heavy atom. The van der Waals surface area contributed by atoms with Gasteiger partial charge in [0.2, 0.25) is 5.88 Å². The minimum Gasteiger partial charge on any atom is -0.481 e. The van der Waals surface area contributed by atoms with E-state index in [9.17, 15) is 4.79 Å². The van der Waals surface area contributed by atoms with Crippen molar-refractivity contribution in [1.82, 2.24) is 29.5 Å². The zero-order valence-corrected chi connectivity index (χ0v) is 11.0. The van der Waals surface area contributed by atoms with Gasteiger partial charge in [0, 0.05) is 19.3 Å². The van der Waals surface area contributed by atoms with Gasteiger partial charge < -0.3 is 4.74 Å². The maximum Gasteiger partial charge on any atom is 0.283 e. The predicted octanol–water partition coefficient (Wildman–Crippen LogP) is -0.0231. The van der Waals surface area contributed by atoms with Crippen LogP contribution in [0.4, 0.5) is 0 Å². The summed E-state index contributed by atoms with van der Waals surface area (Å²) in [6.07, 6.45) is 3.12. The lowest BCUT2D eigenvalue weighted by atomic mass is 10.2. The first-order chi connectivity index (χ1) is 9.69. The predicted molar refractivity (Wildman–Crippen MR) is 70.5 cm³/mol. The van der Waals surface area contributed by atoms with Crippen LogP contribution in [0.3, 0.4) is 0 Å². The number of pyridine rings is 1. The second-order valence-corrected chi connectivity index (χ2v) is 4.27. The third-order valence-corrected chi connectivity index (χ3v) is 2.94. The van der Waals surface area contributed by atoms with Crippen LogP contribution in [0.5, 0.6) is 5.88 Å². The smallest absolute Gasteiger partial charge is 0.283 e. The van der Waals surface area contributed by atoms with Crippen molar-refractivity contribution < 1.29 is 4.74 Å². The molecule has 3 aromatic rings. The number of rotatable bonds is 3. The Morgan fingerprint density at radius 1 is 1.35 bits per heavy atom. The molecule has 8 nitrogen and oxygen atoms in total. The monoisotopic (exact) mass is 272 g/mol. The van der Waals surface area contributed by atoms with Crippen molar-refractivity contribution in [3.63, 3.8) is 0 Å². The molecule has 0 bridgehead atoms. The zero-order chi connectivity index (χ0) is 14.1. The molecule has 3 aromatic heterocycles. The first-order valence-corrected chi connectivity index (χ1v) is 5.93. The summed E-state index contributed by atoms with van der Waals surface area (Å²) >= 11 is 0. The van der Waals surface area contributed by atoms with Crippen LogP contribution in [-0.2, 0) is 13.6 Å². The second-order valence-electron chi connectivity index (χ2n) is 4.27. The molecule has 0 spiro atoms. The van der Waals surface area contributed by atoms with Crippen LogP contribution in [-0.4, -0.2) is 36.6 Å². The molecule has 8 heteroatoms. The molecule has 0 aliphatic carbocycles. The van der Waals surface area contributed by atoms with E-state index in [-0.39, 0.29) is 11.1 Å². The van der Waals surface area contributed by atoms with Gasteiger partial charge in [0.05, 0.1) is 13.7 Å². The summed E-state index contributed by atoms with van der Waals surface area (Å²) in [7, 11) is 3.24. The quantitative estimate of drug-likeness (QED) is 0.665. The molecule has 0 unspecified atom stereocenters. The van der Waals surface area contributed by atoms with Gasteiger partial charge in [-0.1, -0.05) is 5.21 Å². The van der Waals surface area contributed by atoms with Crippen molar-refractivity contribution >= 4 is 11.2 Å². The molecule has 20 heavy (non-hydrogen) atoms. The van der Waals surface area contributed by atoms with Crippen molar-refractivity contribution in [3.8, 4) is 5.88 Å². The third kappa shape index (κ3) is 2.00. The number of aryl methyl sites for hydroxylation is 1. The van der Waals surface area contributed by atoms with Crippen molar-refractivity contribution in [2.24, 2.45) is 7.05 Å². The topological polar surface area (TPSA) is 87.7 Å². The molecule has 0 atom stereocenters. The Morgan fingerprint density at radius 2 is 2.20 bits per heavy atom.